The number of rotatable bonds is 9. The van der Waals surface area contributed by atoms with Gasteiger partial charge in [0.25, 0.3) is 0 Å². The average Bonchev–Trinajstić information content (AvgIpc) is 2.47. The highest BCUT2D eigenvalue weighted by atomic mass is 15.2. The molecule has 2 nitrogen and oxygen atoms in total. The van der Waals surface area contributed by atoms with Crippen LogP contribution in [0, 0.1) is 5.92 Å². The first-order chi connectivity index (χ1) is 9.63. The molecule has 1 N–H and O–H groups in total. The first-order valence-electron chi connectivity index (χ1n) is 8.16. The highest BCUT2D eigenvalue weighted by Crippen LogP contribution is 2.20. The molecule has 0 aromatic heterocycles. The zero-order chi connectivity index (χ0) is 15.0. The maximum absolute atomic E-state index is 3.77. The van der Waals surface area contributed by atoms with Crippen LogP contribution >= 0.6 is 0 Å². The van der Waals surface area contributed by atoms with Gasteiger partial charge in [-0.25, -0.2) is 0 Å². The topological polar surface area (TPSA) is 15.3 Å². The fourth-order valence-electron chi connectivity index (χ4n) is 2.91. The number of hydrogen-bond donors (Lipinski definition) is 1. The quantitative estimate of drug-likeness (QED) is 0.730. The summed E-state index contributed by atoms with van der Waals surface area (Å²) in [5.41, 5.74) is 1.42. The van der Waals surface area contributed by atoms with Gasteiger partial charge in [0.2, 0.25) is 0 Å². The molecule has 2 atom stereocenters. The Labute approximate surface area is 125 Å². The van der Waals surface area contributed by atoms with E-state index in [1.54, 1.807) is 0 Å². The molecule has 1 rings (SSSR count). The maximum Gasteiger partial charge on any atom is 0.0472 e. The number of likely N-dealkylation sites (N-methyl/N-ethyl adjacent to an activating group) is 1. The molecule has 0 aliphatic heterocycles. The minimum absolute atomic E-state index is 0.471. The van der Waals surface area contributed by atoms with Crippen molar-refractivity contribution in [2.24, 2.45) is 5.92 Å². The number of nitrogens with one attached hydrogen (secondary N) is 1. The highest BCUT2D eigenvalue weighted by Gasteiger charge is 2.19. The van der Waals surface area contributed by atoms with Crippen molar-refractivity contribution < 1.29 is 0 Å². The minimum Gasteiger partial charge on any atom is -0.312 e. The molecule has 1 aromatic rings. The summed E-state index contributed by atoms with van der Waals surface area (Å²) in [4.78, 5) is 2.54. The summed E-state index contributed by atoms with van der Waals surface area (Å²) < 4.78 is 0. The molecule has 0 heterocycles. The third-order valence-electron chi connectivity index (χ3n) is 4.26. The van der Waals surface area contributed by atoms with E-state index >= 15 is 0 Å². The third kappa shape index (κ3) is 4.92. The van der Waals surface area contributed by atoms with Gasteiger partial charge in [-0.15, -0.1) is 0 Å². The molecule has 114 valence electrons. The number of benzene rings is 1. The SMILES string of the molecule is CCC(NCC(c1ccccc1)N(CC)CC)C(C)C. The molecular weight excluding hydrogens is 244 g/mol. The summed E-state index contributed by atoms with van der Waals surface area (Å²) in [6.07, 6.45) is 1.19. The summed E-state index contributed by atoms with van der Waals surface area (Å²) >= 11 is 0. The van der Waals surface area contributed by atoms with Crippen molar-refractivity contribution in [3.63, 3.8) is 0 Å². The first-order valence-corrected chi connectivity index (χ1v) is 8.16. The van der Waals surface area contributed by atoms with Crippen molar-refractivity contribution in [3.05, 3.63) is 35.9 Å². The Morgan fingerprint density at radius 2 is 1.60 bits per heavy atom. The second kappa shape index (κ2) is 9.15. The Morgan fingerprint density at radius 3 is 2.05 bits per heavy atom. The van der Waals surface area contributed by atoms with Gasteiger partial charge >= 0.3 is 0 Å². The van der Waals surface area contributed by atoms with E-state index in [0.29, 0.717) is 18.0 Å². The van der Waals surface area contributed by atoms with Gasteiger partial charge in [-0.1, -0.05) is 65.0 Å². The van der Waals surface area contributed by atoms with E-state index in [0.717, 1.165) is 19.6 Å². The molecule has 0 amide bonds. The molecule has 0 aliphatic carbocycles. The molecule has 0 spiro atoms. The lowest BCUT2D eigenvalue weighted by atomic mass is 10.00. The van der Waals surface area contributed by atoms with Crippen molar-refractivity contribution in [1.29, 1.82) is 0 Å². The van der Waals surface area contributed by atoms with Crippen LogP contribution in [-0.4, -0.2) is 30.6 Å². The monoisotopic (exact) mass is 276 g/mol. The van der Waals surface area contributed by atoms with Crippen LogP contribution < -0.4 is 5.32 Å². The van der Waals surface area contributed by atoms with E-state index in [-0.39, 0.29) is 0 Å². The highest BCUT2D eigenvalue weighted by molar-refractivity contribution is 5.19. The van der Waals surface area contributed by atoms with Gasteiger partial charge in [-0.05, 0) is 31.0 Å². The zero-order valence-electron chi connectivity index (χ0n) is 13.9. The second-order valence-electron chi connectivity index (χ2n) is 5.81. The maximum atomic E-state index is 3.77. The molecular formula is C18H32N2. The second-order valence-corrected chi connectivity index (χ2v) is 5.81. The van der Waals surface area contributed by atoms with E-state index in [9.17, 15) is 0 Å². The normalized spacial score (nSPS) is 14.8. The smallest absolute Gasteiger partial charge is 0.0472 e. The van der Waals surface area contributed by atoms with Gasteiger partial charge in [-0.3, -0.25) is 4.90 Å². The van der Waals surface area contributed by atoms with Crippen LogP contribution in [0.3, 0.4) is 0 Å². The van der Waals surface area contributed by atoms with Gasteiger partial charge in [0.1, 0.15) is 0 Å². The molecule has 2 heteroatoms. The van der Waals surface area contributed by atoms with Crippen LogP contribution in [0.1, 0.15) is 52.6 Å². The summed E-state index contributed by atoms with van der Waals surface area (Å²) in [7, 11) is 0. The van der Waals surface area contributed by atoms with E-state index in [4.69, 9.17) is 0 Å². The molecule has 0 aliphatic rings. The predicted molar refractivity (Wildman–Crippen MR) is 89.0 cm³/mol. The lowest BCUT2D eigenvalue weighted by Crippen LogP contribution is -2.41. The van der Waals surface area contributed by atoms with E-state index < -0.39 is 0 Å². The van der Waals surface area contributed by atoms with Crippen LogP contribution in [0.4, 0.5) is 0 Å². The zero-order valence-corrected chi connectivity index (χ0v) is 13.9. The van der Waals surface area contributed by atoms with Crippen molar-refractivity contribution in [2.75, 3.05) is 19.6 Å². The molecule has 0 bridgehead atoms. The van der Waals surface area contributed by atoms with Crippen LogP contribution in [0.2, 0.25) is 0 Å². The van der Waals surface area contributed by atoms with Gasteiger partial charge in [0.05, 0.1) is 0 Å². The third-order valence-corrected chi connectivity index (χ3v) is 4.26. The molecule has 0 radical (unpaired) electrons. The Morgan fingerprint density at radius 1 is 1.00 bits per heavy atom. The van der Waals surface area contributed by atoms with Crippen LogP contribution in [0.15, 0.2) is 30.3 Å². The van der Waals surface area contributed by atoms with Gasteiger partial charge in [0.15, 0.2) is 0 Å². The number of nitrogens with zero attached hydrogens (tertiary/aromatic N) is 1. The molecule has 0 saturated heterocycles. The van der Waals surface area contributed by atoms with Crippen molar-refractivity contribution in [3.8, 4) is 0 Å². The molecule has 1 aromatic carbocycles. The molecule has 2 unspecified atom stereocenters. The van der Waals surface area contributed by atoms with Crippen molar-refractivity contribution in [1.82, 2.24) is 10.2 Å². The Kier molecular flexibility index (Phi) is 7.86. The molecule has 0 saturated carbocycles. The lowest BCUT2D eigenvalue weighted by Gasteiger charge is -2.32. The summed E-state index contributed by atoms with van der Waals surface area (Å²) in [5, 5.41) is 3.77. The summed E-state index contributed by atoms with van der Waals surface area (Å²) in [6.45, 7) is 14.6. The summed E-state index contributed by atoms with van der Waals surface area (Å²) in [5.74, 6) is 0.688. The fourth-order valence-corrected chi connectivity index (χ4v) is 2.91. The Balaban J connectivity index is 2.78. The van der Waals surface area contributed by atoms with Gasteiger partial charge in [-0.2, -0.15) is 0 Å². The Hall–Kier alpha value is -0.860. The van der Waals surface area contributed by atoms with Crippen LogP contribution in [0.5, 0.6) is 0 Å². The molecule has 0 fully saturated rings. The van der Waals surface area contributed by atoms with Crippen molar-refractivity contribution in [2.45, 2.75) is 53.1 Å². The van der Waals surface area contributed by atoms with Crippen LogP contribution in [0.25, 0.3) is 0 Å². The standard InChI is InChI=1S/C18H32N2/c1-6-17(15(4)5)19-14-18(20(7-2)8-3)16-12-10-9-11-13-16/h9-13,15,17-19H,6-8,14H2,1-5H3. The van der Waals surface area contributed by atoms with E-state index in [1.807, 2.05) is 0 Å². The van der Waals surface area contributed by atoms with Crippen LogP contribution in [-0.2, 0) is 0 Å². The first kappa shape index (κ1) is 17.2. The summed E-state index contributed by atoms with van der Waals surface area (Å²) in [6, 6.07) is 12.0. The van der Waals surface area contributed by atoms with Gasteiger partial charge in [0, 0.05) is 18.6 Å². The predicted octanol–water partition coefficient (Wildman–Crippen LogP) is 4.09. The minimum atomic E-state index is 0.471. The fraction of sp³-hybridized carbons (Fsp3) is 0.667. The number of hydrogen-bond acceptors (Lipinski definition) is 2. The van der Waals surface area contributed by atoms with Gasteiger partial charge < -0.3 is 5.32 Å². The Bertz CT molecular complexity index is 344. The average molecular weight is 276 g/mol. The lowest BCUT2D eigenvalue weighted by molar-refractivity contribution is 0.202. The largest absolute Gasteiger partial charge is 0.312 e. The molecule has 20 heavy (non-hydrogen) atoms. The van der Waals surface area contributed by atoms with E-state index in [1.165, 1.54) is 12.0 Å². The van der Waals surface area contributed by atoms with Crippen molar-refractivity contribution >= 4 is 0 Å². The van der Waals surface area contributed by atoms with E-state index in [2.05, 4.69) is 75.2 Å².